The molecule has 0 radical (unpaired) electrons. The molecule has 0 fully saturated rings. The quantitative estimate of drug-likeness (QED) is 0.246. The van der Waals surface area contributed by atoms with Gasteiger partial charge in [-0.3, -0.25) is 4.98 Å². The van der Waals surface area contributed by atoms with Crippen LogP contribution in [0.2, 0.25) is 25.7 Å². The normalized spacial score (nSPS) is 18.1. The zero-order valence-corrected chi connectivity index (χ0v) is 22.0. The highest BCUT2D eigenvalue weighted by Crippen LogP contribution is 2.28. The molecular formula is C27H41N5OSi. The van der Waals surface area contributed by atoms with Crippen LogP contribution in [-0.2, 0) is 11.2 Å². The summed E-state index contributed by atoms with van der Waals surface area (Å²) in [5.41, 5.74) is 11.4. The van der Waals surface area contributed by atoms with Crippen LogP contribution >= 0.6 is 0 Å². The summed E-state index contributed by atoms with van der Waals surface area (Å²) >= 11 is 0. The van der Waals surface area contributed by atoms with Crippen molar-refractivity contribution < 1.29 is 4.74 Å². The van der Waals surface area contributed by atoms with E-state index in [1.54, 1.807) is 0 Å². The van der Waals surface area contributed by atoms with Crippen LogP contribution in [-0.4, -0.2) is 48.8 Å². The SMILES string of the molecule is C[Si](C)(C)CCOCC(c1nc2ccccc2[nH]1)C(N)CCCNC1CCCc2cccnc21. The zero-order chi connectivity index (χ0) is 24.0. The molecule has 1 aliphatic carbocycles. The molecule has 2 aromatic heterocycles. The molecule has 3 unspecified atom stereocenters. The molecule has 0 bridgehead atoms. The number of pyridine rings is 1. The molecule has 0 saturated heterocycles. The van der Waals surface area contributed by atoms with E-state index in [2.05, 4.69) is 47.1 Å². The highest BCUT2D eigenvalue weighted by atomic mass is 28.3. The fourth-order valence-corrected chi connectivity index (χ4v) is 5.52. The number of para-hydroxylation sites is 2. The number of hydrogen-bond donors (Lipinski definition) is 3. The van der Waals surface area contributed by atoms with Gasteiger partial charge in [0, 0.05) is 33.0 Å². The molecule has 1 aromatic carbocycles. The standard InChI is InChI=1S/C27H41N5OSi/c1-34(2,3)18-17-33-19-21(27-31-23-12-4-5-13-24(23)32-27)22(28)11-8-15-29-25-14-6-9-20-10-7-16-30-26(20)25/h4-5,7,10,12-13,16,21-22,25,29H,6,8-9,11,14-15,17-19,28H2,1-3H3,(H,31,32). The smallest absolute Gasteiger partial charge is 0.114 e. The monoisotopic (exact) mass is 479 g/mol. The molecule has 1 aliphatic rings. The minimum atomic E-state index is -1.12. The van der Waals surface area contributed by atoms with E-state index >= 15 is 0 Å². The number of fused-ring (bicyclic) bond motifs is 2. The van der Waals surface area contributed by atoms with Gasteiger partial charge in [-0.25, -0.2) is 4.98 Å². The molecule has 4 N–H and O–H groups in total. The van der Waals surface area contributed by atoms with E-state index in [1.807, 2.05) is 30.5 Å². The molecule has 184 valence electrons. The lowest BCUT2D eigenvalue weighted by molar-refractivity contribution is 0.121. The van der Waals surface area contributed by atoms with Crippen molar-refractivity contribution in [3.8, 4) is 0 Å². The minimum absolute atomic E-state index is 0.00832. The molecule has 3 aromatic rings. The first kappa shape index (κ1) is 25.0. The number of nitrogens with zero attached hydrogens (tertiary/aromatic N) is 2. The van der Waals surface area contributed by atoms with Crippen LogP contribution in [0.15, 0.2) is 42.6 Å². The lowest BCUT2D eigenvalue weighted by Gasteiger charge is -2.26. The third kappa shape index (κ3) is 6.75. The van der Waals surface area contributed by atoms with E-state index in [0.717, 1.165) is 61.7 Å². The maximum Gasteiger partial charge on any atom is 0.114 e. The number of rotatable bonds is 12. The Labute approximate surface area is 205 Å². The predicted octanol–water partition coefficient (Wildman–Crippen LogP) is 5.17. The number of nitrogens with two attached hydrogens (primary N) is 1. The molecule has 0 amide bonds. The maximum atomic E-state index is 6.76. The second-order valence-corrected chi connectivity index (χ2v) is 16.5. The Morgan fingerprint density at radius 3 is 2.88 bits per heavy atom. The highest BCUT2D eigenvalue weighted by molar-refractivity contribution is 6.76. The van der Waals surface area contributed by atoms with Crippen molar-refractivity contribution in [2.24, 2.45) is 5.73 Å². The molecule has 7 heteroatoms. The summed E-state index contributed by atoms with van der Waals surface area (Å²) in [6.07, 6.45) is 7.37. The Morgan fingerprint density at radius 2 is 2.06 bits per heavy atom. The molecule has 0 aliphatic heterocycles. The number of aromatic amines is 1. The number of H-pyrrole nitrogens is 1. The third-order valence-corrected chi connectivity index (χ3v) is 8.57. The molecule has 0 saturated carbocycles. The fourth-order valence-electron chi connectivity index (χ4n) is 4.77. The van der Waals surface area contributed by atoms with Crippen LogP contribution in [0, 0.1) is 0 Å². The van der Waals surface area contributed by atoms with Crippen LogP contribution in [0.4, 0.5) is 0 Å². The van der Waals surface area contributed by atoms with E-state index in [-0.39, 0.29) is 12.0 Å². The van der Waals surface area contributed by atoms with E-state index in [1.165, 1.54) is 17.7 Å². The van der Waals surface area contributed by atoms with Crippen molar-refractivity contribution in [1.82, 2.24) is 20.3 Å². The Hall–Kier alpha value is -2.06. The number of imidazole rings is 1. The van der Waals surface area contributed by atoms with Crippen LogP contribution in [0.5, 0.6) is 0 Å². The Balaban J connectivity index is 1.33. The number of aromatic nitrogens is 3. The number of nitrogens with one attached hydrogen (secondary N) is 2. The average Bonchev–Trinajstić information content (AvgIpc) is 3.25. The Morgan fingerprint density at radius 1 is 1.21 bits per heavy atom. The zero-order valence-electron chi connectivity index (χ0n) is 21.0. The third-order valence-electron chi connectivity index (χ3n) is 6.87. The first-order valence-corrected chi connectivity index (χ1v) is 16.6. The minimum Gasteiger partial charge on any atom is -0.381 e. The van der Waals surface area contributed by atoms with Crippen LogP contribution in [0.3, 0.4) is 0 Å². The van der Waals surface area contributed by atoms with Gasteiger partial charge in [0.25, 0.3) is 0 Å². The first-order valence-electron chi connectivity index (χ1n) is 12.9. The topological polar surface area (TPSA) is 88.8 Å². The summed E-state index contributed by atoms with van der Waals surface area (Å²) < 4.78 is 6.15. The maximum absolute atomic E-state index is 6.76. The van der Waals surface area contributed by atoms with E-state index in [9.17, 15) is 0 Å². The van der Waals surface area contributed by atoms with Gasteiger partial charge in [0.15, 0.2) is 0 Å². The summed E-state index contributed by atoms with van der Waals surface area (Å²) in [7, 11) is -1.12. The molecule has 2 heterocycles. The lowest BCUT2D eigenvalue weighted by atomic mass is 9.91. The van der Waals surface area contributed by atoms with Crippen LogP contribution < -0.4 is 11.1 Å². The van der Waals surface area contributed by atoms with Gasteiger partial charge < -0.3 is 20.8 Å². The molecule has 4 rings (SSSR count). The summed E-state index contributed by atoms with van der Waals surface area (Å²) in [6.45, 7) is 9.50. The summed E-state index contributed by atoms with van der Waals surface area (Å²) in [6, 6.07) is 13.9. The number of benzene rings is 1. The number of aryl methyl sites for hydroxylation is 1. The lowest BCUT2D eigenvalue weighted by Crippen LogP contribution is -2.34. The van der Waals surface area contributed by atoms with Crippen molar-refractivity contribution >= 4 is 19.1 Å². The summed E-state index contributed by atoms with van der Waals surface area (Å²) in [5, 5.41) is 3.73. The van der Waals surface area contributed by atoms with E-state index in [0.29, 0.717) is 12.6 Å². The molecule has 6 nitrogen and oxygen atoms in total. The summed E-state index contributed by atoms with van der Waals surface area (Å²) in [4.78, 5) is 13.0. The van der Waals surface area contributed by atoms with Crippen molar-refractivity contribution in [2.45, 2.75) is 75.8 Å². The highest BCUT2D eigenvalue weighted by Gasteiger charge is 2.25. The second-order valence-electron chi connectivity index (χ2n) is 10.9. The van der Waals surface area contributed by atoms with Crippen molar-refractivity contribution in [3.05, 3.63) is 59.7 Å². The van der Waals surface area contributed by atoms with Gasteiger partial charge in [-0.05, 0) is 68.5 Å². The van der Waals surface area contributed by atoms with Crippen molar-refractivity contribution in [1.29, 1.82) is 0 Å². The van der Waals surface area contributed by atoms with Crippen molar-refractivity contribution in [2.75, 3.05) is 19.8 Å². The first-order chi connectivity index (χ1) is 16.4. The van der Waals surface area contributed by atoms with E-state index < -0.39 is 8.07 Å². The largest absolute Gasteiger partial charge is 0.381 e. The van der Waals surface area contributed by atoms with Gasteiger partial charge in [0.2, 0.25) is 0 Å². The molecule has 0 spiro atoms. The average molecular weight is 480 g/mol. The van der Waals surface area contributed by atoms with Gasteiger partial charge in [0.05, 0.1) is 29.3 Å². The fraction of sp³-hybridized carbons (Fsp3) is 0.556. The Bertz CT molecular complexity index is 1010. The van der Waals surface area contributed by atoms with Crippen LogP contribution in [0.1, 0.15) is 54.7 Å². The van der Waals surface area contributed by atoms with Gasteiger partial charge in [-0.2, -0.15) is 0 Å². The Kier molecular flexibility index (Phi) is 8.53. The van der Waals surface area contributed by atoms with Gasteiger partial charge in [-0.1, -0.05) is 37.8 Å². The molecule has 34 heavy (non-hydrogen) atoms. The number of ether oxygens (including phenoxy) is 1. The predicted molar refractivity (Wildman–Crippen MR) is 143 cm³/mol. The van der Waals surface area contributed by atoms with Crippen LogP contribution in [0.25, 0.3) is 11.0 Å². The number of hydrogen-bond acceptors (Lipinski definition) is 5. The molecular weight excluding hydrogens is 438 g/mol. The molecule has 3 atom stereocenters. The van der Waals surface area contributed by atoms with Gasteiger partial charge in [0.1, 0.15) is 5.82 Å². The van der Waals surface area contributed by atoms with Gasteiger partial charge in [-0.15, -0.1) is 0 Å². The summed E-state index contributed by atoms with van der Waals surface area (Å²) in [5.74, 6) is 1.01. The van der Waals surface area contributed by atoms with Crippen molar-refractivity contribution in [3.63, 3.8) is 0 Å². The second kappa shape index (κ2) is 11.6. The van der Waals surface area contributed by atoms with Gasteiger partial charge >= 0.3 is 0 Å². The van der Waals surface area contributed by atoms with E-state index in [4.69, 9.17) is 15.5 Å².